The van der Waals surface area contributed by atoms with Crippen molar-refractivity contribution in [3.63, 3.8) is 0 Å². The molecule has 0 unspecified atom stereocenters. The number of pyridine rings is 1. The molecule has 2 amide bonds. The fraction of sp³-hybridized carbons (Fsp3) is 0.519. The lowest BCUT2D eigenvalue weighted by atomic mass is 10.0. The summed E-state index contributed by atoms with van der Waals surface area (Å²) in [5, 5.41) is 4.03. The first kappa shape index (κ1) is 23.8. The molecule has 4 fully saturated rings. The van der Waals surface area contributed by atoms with E-state index in [0.29, 0.717) is 29.1 Å². The number of aromatic nitrogens is 4. The molecular formula is C27H34N8O2. The van der Waals surface area contributed by atoms with Gasteiger partial charge in [0.05, 0.1) is 5.56 Å². The molecule has 1 saturated carbocycles. The van der Waals surface area contributed by atoms with Gasteiger partial charge in [-0.15, -0.1) is 0 Å². The molecular weight excluding hydrogens is 468 g/mol. The normalized spacial score (nSPS) is 21.8. The fourth-order valence-corrected chi connectivity index (χ4v) is 6.02. The quantitative estimate of drug-likeness (QED) is 0.571. The van der Waals surface area contributed by atoms with Gasteiger partial charge in [0.25, 0.3) is 11.8 Å². The third kappa shape index (κ3) is 4.54. The number of hydrogen-bond acceptors (Lipinski definition) is 7. The second-order valence-electron chi connectivity index (χ2n) is 10.6. The first-order valence-electron chi connectivity index (χ1n) is 13.3. The summed E-state index contributed by atoms with van der Waals surface area (Å²) in [6, 6.07) is 6.10. The Bertz CT molecular complexity index is 1300. The zero-order valence-electron chi connectivity index (χ0n) is 21.6. The minimum absolute atomic E-state index is 0.0314. The predicted molar refractivity (Wildman–Crippen MR) is 141 cm³/mol. The number of nitrogens with one attached hydrogen (secondary N) is 1. The van der Waals surface area contributed by atoms with Crippen LogP contribution in [-0.4, -0.2) is 92.3 Å². The van der Waals surface area contributed by atoms with Crippen molar-refractivity contribution in [2.24, 2.45) is 0 Å². The van der Waals surface area contributed by atoms with Crippen LogP contribution >= 0.6 is 0 Å². The maximum absolute atomic E-state index is 13.2. The molecule has 1 N–H and O–H groups in total. The molecule has 0 radical (unpaired) electrons. The van der Waals surface area contributed by atoms with Gasteiger partial charge < -0.3 is 24.6 Å². The first-order valence-corrected chi connectivity index (χ1v) is 13.3. The molecule has 37 heavy (non-hydrogen) atoms. The standard InChI is InChI=1S/C27H34N8O2/c1-32(2)26(37)22-15-19-17-29-27(31-24(19)35(22)21-5-3-4-6-21)30-23-8-7-18(16-28-23)25(36)34-14-13-33-11-9-20(34)10-12-33/h7-8,15-17,20-21H,3-6,9-14H2,1-2H3,(H,28,29,30,31). The summed E-state index contributed by atoms with van der Waals surface area (Å²) in [6.45, 7) is 3.87. The minimum Gasteiger partial charge on any atom is -0.343 e. The number of fused-ring (bicyclic) bond motifs is 5. The van der Waals surface area contributed by atoms with Gasteiger partial charge in [-0.2, -0.15) is 4.98 Å². The Kier molecular flexibility index (Phi) is 6.27. The molecule has 10 heteroatoms. The molecule has 0 atom stereocenters. The van der Waals surface area contributed by atoms with Gasteiger partial charge >= 0.3 is 0 Å². The molecule has 2 bridgehead atoms. The van der Waals surface area contributed by atoms with E-state index >= 15 is 0 Å². The van der Waals surface area contributed by atoms with Crippen molar-refractivity contribution in [1.82, 2.24) is 34.2 Å². The van der Waals surface area contributed by atoms with Gasteiger partial charge in [-0.05, 0) is 43.9 Å². The first-order chi connectivity index (χ1) is 18.0. The van der Waals surface area contributed by atoms with Gasteiger partial charge in [0, 0.05) is 70.1 Å². The fourth-order valence-electron chi connectivity index (χ4n) is 6.02. The zero-order chi connectivity index (χ0) is 25.5. The van der Waals surface area contributed by atoms with Crippen molar-refractivity contribution in [3.8, 4) is 0 Å². The van der Waals surface area contributed by atoms with Gasteiger partial charge in [-0.25, -0.2) is 9.97 Å². The Hall–Kier alpha value is -3.53. The number of rotatable bonds is 5. The monoisotopic (exact) mass is 502 g/mol. The highest BCUT2D eigenvalue weighted by Crippen LogP contribution is 2.35. The molecule has 194 valence electrons. The van der Waals surface area contributed by atoms with Gasteiger partial charge in [-0.3, -0.25) is 9.59 Å². The molecule has 10 nitrogen and oxygen atoms in total. The molecule has 3 aromatic heterocycles. The van der Waals surface area contributed by atoms with Crippen LogP contribution in [0.1, 0.15) is 65.4 Å². The summed E-state index contributed by atoms with van der Waals surface area (Å²) in [5.41, 5.74) is 2.01. The van der Waals surface area contributed by atoms with E-state index in [1.807, 2.05) is 17.0 Å². The summed E-state index contributed by atoms with van der Waals surface area (Å²) >= 11 is 0. The molecule has 3 aliphatic heterocycles. The largest absolute Gasteiger partial charge is 0.343 e. The predicted octanol–water partition coefficient (Wildman–Crippen LogP) is 3.31. The molecule has 1 aliphatic carbocycles. The van der Waals surface area contributed by atoms with Crippen LogP contribution in [0.15, 0.2) is 30.6 Å². The van der Waals surface area contributed by atoms with Crippen LogP contribution < -0.4 is 5.32 Å². The van der Waals surface area contributed by atoms with Crippen LogP contribution in [0.25, 0.3) is 11.0 Å². The average Bonchev–Trinajstić information content (AvgIpc) is 3.46. The maximum atomic E-state index is 13.2. The molecule has 3 aromatic rings. The molecule has 4 aliphatic rings. The van der Waals surface area contributed by atoms with Gasteiger partial charge in [-0.1, -0.05) is 12.8 Å². The summed E-state index contributed by atoms with van der Waals surface area (Å²) in [4.78, 5) is 46.0. The van der Waals surface area contributed by atoms with Crippen molar-refractivity contribution >= 4 is 34.6 Å². The summed E-state index contributed by atoms with van der Waals surface area (Å²) in [5.74, 6) is 1.01. The number of piperidine rings is 1. The van der Waals surface area contributed by atoms with Crippen molar-refractivity contribution in [2.75, 3.05) is 45.6 Å². The summed E-state index contributed by atoms with van der Waals surface area (Å²) in [6.07, 6.45) is 9.87. The van der Waals surface area contributed by atoms with Crippen molar-refractivity contribution in [1.29, 1.82) is 0 Å². The lowest BCUT2D eigenvalue weighted by Crippen LogP contribution is -2.41. The van der Waals surface area contributed by atoms with Crippen molar-refractivity contribution < 1.29 is 9.59 Å². The van der Waals surface area contributed by atoms with Crippen molar-refractivity contribution in [2.45, 2.75) is 50.6 Å². The smallest absolute Gasteiger partial charge is 0.270 e. The lowest BCUT2D eigenvalue weighted by Gasteiger charge is -2.31. The number of nitrogens with zero attached hydrogens (tertiary/aromatic N) is 7. The third-order valence-electron chi connectivity index (χ3n) is 8.06. The van der Waals surface area contributed by atoms with Gasteiger partial charge in [0.15, 0.2) is 0 Å². The number of hydrogen-bond donors (Lipinski definition) is 1. The zero-order valence-corrected chi connectivity index (χ0v) is 21.6. The van der Waals surface area contributed by atoms with E-state index in [4.69, 9.17) is 4.98 Å². The summed E-state index contributed by atoms with van der Waals surface area (Å²) < 4.78 is 2.10. The highest BCUT2D eigenvalue weighted by Gasteiger charge is 2.32. The molecule has 3 saturated heterocycles. The van der Waals surface area contributed by atoms with E-state index in [9.17, 15) is 9.59 Å². The Balaban J connectivity index is 1.24. The topological polar surface area (TPSA) is 99.5 Å². The Morgan fingerprint density at radius 2 is 1.73 bits per heavy atom. The summed E-state index contributed by atoms with van der Waals surface area (Å²) in [7, 11) is 3.54. The maximum Gasteiger partial charge on any atom is 0.270 e. The van der Waals surface area contributed by atoms with Crippen LogP contribution in [0.2, 0.25) is 0 Å². The number of carbonyl (C=O) groups is 2. The Morgan fingerprint density at radius 1 is 0.946 bits per heavy atom. The van der Waals surface area contributed by atoms with E-state index in [2.05, 4.69) is 24.8 Å². The van der Waals surface area contributed by atoms with Gasteiger partial charge in [0.2, 0.25) is 5.95 Å². The highest BCUT2D eigenvalue weighted by atomic mass is 16.2. The van der Waals surface area contributed by atoms with Crippen LogP contribution in [0.4, 0.5) is 11.8 Å². The van der Waals surface area contributed by atoms with E-state index in [0.717, 1.165) is 75.7 Å². The van der Waals surface area contributed by atoms with Crippen LogP contribution in [0.5, 0.6) is 0 Å². The lowest BCUT2D eigenvalue weighted by molar-refractivity contribution is 0.0684. The average molecular weight is 503 g/mol. The van der Waals surface area contributed by atoms with E-state index < -0.39 is 0 Å². The number of carbonyl (C=O) groups excluding carboxylic acids is 2. The molecule has 0 aromatic carbocycles. The minimum atomic E-state index is -0.0314. The van der Waals surface area contributed by atoms with Crippen molar-refractivity contribution in [3.05, 3.63) is 41.9 Å². The molecule has 7 rings (SSSR count). The second-order valence-corrected chi connectivity index (χ2v) is 10.6. The highest BCUT2D eigenvalue weighted by molar-refractivity contribution is 5.98. The van der Waals surface area contributed by atoms with Crippen LogP contribution in [-0.2, 0) is 0 Å². The second kappa shape index (κ2) is 9.74. The van der Waals surface area contributed by atoms with E-state index in [1.54, 1.807) is 37.5 Å². The number of anilines is 2. The van der Waals surface area contributed by atoms with Crippen LogP contribution in [0.3, 0.4) is 0 Å². The third-order valence-corrected chi connectivity index (χ3v) is 8.06. The Morgan fingerprint density at radius 3 is 2.43 bits per heavy atom. The van der Waals surface area contributed by atoms with E-state index in [1.165, 1.54) is 0 Å². The SMILES string of the molecule is CN(C)C(=O)c1cc2cnc(Nc3ccc(C(=O)N4CCN5CCC4CC5)cn3)nc2n1C1CCCC1. The molecule has 0 spiro atoms. The Labute approximate surface area is 216 Å². The van der Waals surface area contributed by atoms with Crippen LogP contribution in [0, 0.1) is 0 Å². The number of amides is 2. The molecule has 6 heterocycles. The van der Waals surface area contributed by atoms with E-state index in [-0.39, 0.29) is 17.9 Å². The van der Waals surface area contributed by atoms with Gasteiger partial charge in [0.1, 0.15) is 17.2 Å².